The maximum absolute atomic E-state index is 7.72. The summed E-state index contributed by atoms with van der Waals surface area (Å²) >= 11 is 0. The topological polar surface area (TPSA) is 12.5 Å². The van der Waals surface area contributed by atoms with Crippen LogP contribution in [0.3, 0.4) is 0 Å². The smallest absolute Gasteiger partial charge is 0.256 e. The van der Waals surface area contributed by atoms with Crippen LogP contribution in [0.5, 0.6) is 11.5 Å². The van der Waals surface area contributed by atoms with Gasteiger partial charge in [-0.3, -0.25) is 0 Å². The van der Waals surface area contributed by atoms with Gasteiger partial charge < -0.3 is 9.64 Å². The van der Waals surface area contributed by atoms with E-state index in [1.165, 1.54) is 150 Å². The molecule has 6 aliphatic rings. The van der Waals surface area contributed by atoms with Crippen molar-refractivity contribution in [2.45, 2.75) is 89.4 Å². The zero-order valence-electron chi connectivity index (χ0n) is 55.4. The third-order valence-electron chi connectivity index (χ3n) is 22.5. The van der Waals surface area contributed by atoms with Crippen molar-refractivity contribution in [1.29, 1.82) is 0 Å². The Balaban J connectivity index is 0.961. The molecule has 2 aliphatic heterocycles. The van der Waals surface area contributed by atoms with Crippen LogP contribution in [-0.2, 0) is 27.1 Å². The first-order valence-corrected chi connectivity index (χ1v) is 34.1. The number of ether oxygens (including phenoxy) is 1. The highest BCUT2D eigenvalue weighted by Gasteiger charge is 2.55. The van der Waals surface area contributed by atoms with E-state index in [4.69, 9.17) is 4.74 Å². The van der Waals surface area contributed by atoms with Gasteiger partial charge in [0.25, 0.3) is 6.71 Å². The average molecular weight is 1220 g/mol. The van der Waals surface area contributed by atoms with E-state index in [1.54, 1.807) is 0 Å². The minimum Gasteiger partial charge on any atom is -0.458 e. The van der Waals surface area contributed by atoms with E-state index in [-0.39, 0.29) is 23.0 Å². The summed E-state index contributed by atoms with van der Waals surface area (Å²) in [7, 11) is 0. The van der Waals surface area contributed by atoms with Crippen molar-refractivity contribution >= 4 is 40.2 Å². The maximum Gasteiger partial charge on any atom is 0.256 e. The molecule has 454 valence electrons. The summed E-state index contributed by atoms with van der Waals surface area (Å²) in [6, 6.07) is 106. The Kier molecular flexibility index (Phi) is 11.6. The van der Waals surface area contributed by atoms with Crippen molar-refractivity contribution in [2.24, 2.45) is 0 Å². The van der Waals surface area contributed by atoms with E-state index in [1.807, 2.05) is 0 Å². The van der Waals surface area contributed by atoms with Gasteiger partial charge in [-0.05, 0) is 208 Å². The van der Waals surface area contributed by atoms with Gasteiger partial charge in [0.2, 0.25) is 0 Å². The lowest BCUT2D eigenvalue weighted by atomic mass is 9.33. The molecular weight excluding hydrogens is 1150 g/mol. The number of fused-ring (bicyclic) bond motifs is 24. The van der Waals surface area contributed by atoms with E-state index in [0.717, 1.165) is 34.0 Å². The highest BCUT2D eigenvalue weighted by Crippen LogP contribution is 2.68. The van der Waals surface area contributed by atoms with Gasteiger partial charge >= 0.3 is 0 Å². The zero-order chi connectivity index (χ0) is 64.2. The molecule has 0 aromatic heterocycles. The van der Waals surface area contributed by atoms with Crippen LogP contribution in [0.4, 0.5) is 17.1 Å². The highest BCUT2D eigenvalue weighted by atomic mass is 16.5. The molecule has 0 N–H and O–H groups in total. The Morgan fingerprint density at radius 2 is 0.642 bits per heavy atom. The van der Waals surface area contributed by atoms with Gasteiger partial charge in [0, 0.05) is 17.1 Å². The van der Waals surface area contributed by atoms with Gasteiger partial charge in [0.05, 0.1) is 10.8 Å². The van der Waals surface area contributed by atoms with Crippen LogP contribution in [0.25, 0.3) is 77.9 Å². The second-order valence-corrected chi connectivity index (χ2v) is 30.6. The SMILES string of the molecule is CC(C)(C)c1ccc(N2c3ccc(C(C)(C)C)cc3B3c4cc(C(C)(C)C)ccc4Oc4cc(-c5c(-c6cccc7c6C6(c8ccccc8-c8ccccc86)c6ccccc6-7)cccc5-c5cccc6c5C5(c7ccccc7-c7ccccc75)c5ccccc5-6)cc2c43)cc1. The number of benzene rings is 13. The van der Waals surface area contributed by atoms with Gasteiger partial charge in [-0.15, -0.1) is 0 Å². The van der Waals surface area contributed by atoms with Crippen molar-refractivity contribution in [3.8, 4) is 89.4 Å². The Bertz CT molecular complexity index is 5150. The van der Waals surface area contributed by atoms with E-state index >= 15 is 0 Å². The summed E-state index contributed by atoms with van der Waals surface area (Å²) in [5.74, 6) is 1.78. The summed E-state index contributed by atoms with van der Waals surface area (Å²) in [5, 5.41) is 0. The summed E-state index contributed by atoms with van der Waals surface area (Å²) in [4.78, 5) is 2.58. The Labute approximate surface area is 559 Å². The molecule has 0 radical (unpaired) electrons. The monoisotopic (exact) mass is 1220 g/mol. The standard InChI is InChI=1S/C92H72BNO/c1-88(2,3)56-43-47-59(48-44-56)94-80-49-45-57(89(4,5)6)53-78(80)93-79-54-58(90(7,8)9)46-50-82(79)95-83-52-55(51-81(94)87(83)93)84-66(70-35-23-33-68-64-29-14-20-41-76(64)91(85(68)70)72-37-16-10-25-60(72)61-26-11-17-38-73(61)91)31-22-32-67(84)71-36-24-34-69-65-30-15-21-42-77(65)92(86(69)71)74-39-18-12-27-62(74)63-28-13-19-40-75(63)92/h10-54H,1-9H3. The molecular formula is C92H72BNO. The number of hydrogen-bond acceptors (Lipinski definition) is 2. The van der Waals surface area contributed by atoms with Crippen LogP contribution < -0.4 is 26.0 Å². The fraction of sp³-hybridized carbons (Fsp3) is 0.152. The normalized spacial score (nSPS) is 14.8. The molecule has 0 saturated carbocycles. The van der Waals surface area contributed by atoms with Crippen LogP contribution in [-0.4, -0.2) is 6.71 Å². The van der Waals surface area contributed by atoms with Crippen molar-refractivity contribution in [2.75, 3.05) is 4.90 Å². The minimum atomic E-state index is -0.612. The van der Waals surface area contributed by atoms with E-state index in [0.29, 0.717) is 0 Å². The molecule has 4 aliphatic carbocycles. The fourth-order valence-electron chi connectivity index (χ4n) is 18.3. The van der Waals surface area contributed by atoms with Gasteiger partial charge in [0.15, 0.2) is 0 Å². The largest absolute Gasteiger partial charge is 0.458 e. The lowest BCUT2D eigenvalue weighted by Gasteiger charge is -2.41. The molecule has 13 aromatic carbocycles. The quantitative estimate of drug-likeness (QED) is 0.163. The summed E-state index contributed by atoms with van der Waals surface area (Å²) < 4.78 is 7.72. The first-order chi connectivity index (χ1) is 46.0. The van der Waals surface area contributed by atoms with Crippen molar-refractivity contribution < 1.29 is 4.74 Å². The maximum atomic E-state index is 7.72. The number of anilines is 3. The molecule has 13 aromatic rings. The molecule has 95 heavy (non-hydrogen) atoms. The molecule has 2 spiro atoms. The minimum absolute atomic E-state index is 0.0347. The summed E-state index contributed by atoms with van der Waals surface area (Å²) in [6.45, 7) is 20.8. The second kappa shape index (κ2) is 19.6. The van der Waals surface area contributed by atoms with Gasteiger partial charge in [-0.2, -0.15) is 0 Å². The van der Waals surface area contributed by atoms with Crippen LogP contribution in [0.1, 0.15) is 124 Å². The van der Waals surface area contributed by atoms with E-state index in [2.05, 4.69) is 340 Å². The van der Waals surface area contributed by atoms with E-state index in [9.17, 15) is 0 Å². The molecule has 3 heteroatoms. The Morgan fingerprint density at radius 1 is 0.295 bits per heavy atom. The number of nitrogens with zero attached hydrogens (tertiary/aromatic N) is 1. The van der Waals surface area contributed by atoms with Gasteiger partial charge in [-0.1, -0.05) is 299 Å². The van der Waals surface area contributed by atoms with Crippen molar-refractivity contribution in [1.82, 2.24) is 0 Å². The average Bonchev–Trinajstić information content (AvgIpc) is 1.55. The molecule has 2 nitrogen and oxygen atoms in total. The van der Waals surface area contributed by atoms with Crippen LogP contribution in [0.2, 0.25) is 0 Å². The lowest BCUT2D eigenvalue weighted by molar-refractivity contribution is 0.486. The predicted octanol–water partition coefficient (Wildman–Crippen LogP) is 21.7. The predicted molar refractivity (Wildman–Crippen MR) is 397 cm³/mol. The zero-order valence-corrected chi connectivity index (χ0v) is 55.4. The summed E-state index contributed by atoms with van der Waals surface area (Å²) in [5.41, 5.74) is 37.4. The first-order valence-electron chi connectivity index (χ1n) is 34.1. The fourth-order valence-corrected chi connectivity index (χ4v) is 18.3. The third kappa shape index (κ3) is 7.53. The highest BCUT2D eigenvalue weighted by molar-refractivity contribution is 6.99. The molecule has 0 unspecified atom stereocenters. The molecule has 0 bridgehead atoms. The molecule has 0 amide bonds. The number of hydrogen-bond donors (Lipinski definition) is 0. The van der Waals surface area contributed by atoms with Gasteiger partial charge in [-0.25, -0.2) is 0 Å². The van der Waals surface area contributed by atoms with Crippen LogP contribution >= 0.6 is 0 Å². The van der Waals surface area contributed by atoms with Crippen LogP contribution in [0, 0.1) is 0 Å². The summed E-state index contributed by atoms with van der Waals surface area (Å²) in [6.07, 6.45) is 0. The molecule has 19 rings (SSSR count). The third-order valence-corrected chi connectivity index (χ3v) is 22.5. The molecule has 2 heterocycles. The Hall–Kier alpha value is -10.5. The van der Waals surface area contributed by atoms with Crippen molar-refractivity contribution in [3.05, 3.63) is 334 Å². The molecule has 0 saturated heterocycles. The van der Waals surface area contributed by atoms with E-state index < -0.39 is 10.8 Å². The van der Waals surface area contributed by atoms with Crippen LogP contribution in [0.15, 0.2) is 273 Å². The van der Waals surface area contributed by atoms with Gasteiger partial charge in [0.1, 0.15) is 11.5 Å². The molecule has 0 atom stereocenters. The lowest BCUT2D eigenvalue weighted by Crippen LogP contribution is -2.60. The molecule has 0 fully saturated rings. The first kappa shape index (κ1) is 56.1. The second-order valence-electron chi connectivity index (χ2n) is 30.6. The Morgan fingerprint density at radius 3 is 1.06 bits per heavy atom. The van der Waals surface area contributed by atoms with Crippen molar-refractivity contribution in [3.63, 3.8) is 0 Å². The number of rotatable bonds is 4.